The van der Waals surface area contributed by atoms with Crippen molar-refractivity contribution in [3.8, 4) is 5.75 Å². The quantitative estimate of drug-likeness (QED) is 0.295. The average molecular weight is 540 g/mol. The smallest absolute Gasteiger partial charge is 0.191 e. The van der Waals surface area contributed by atoms with Crippen LogP contribution in [0.2, 0.25) is 5.02 Å². The van der Waals surface area contributed by atoms with Gasteiger partial charge < -0.3 is 9.64 Å². The lowest BCUT2D eigenvalue weighted by atomic mass is 9.68. The van der Waals surface area contributed by atoms with Crippen molar-refractivity contribution >= 4 is 28.9 Å². The number of allylic oxidation sites excluding steroid dienone is 3. The molecule has 200 valence electrons. The van der Waals surface area contributed by atoms with Crippen molar-refractivity contribution in [3.63, 3.8) is 0 Å². The summed E-state index contributed by atoms with van der Waals surface area (Å²) in [5.41, 5.74) is 5.61. The molecule has 5 rings (SSSR count). The number of carbonyl (C=O) groups is 2. The van der Waals surface area contributed by atoms with Gasteiger partial charge in [-0.1, -0.05) is 63.6 Å². The topological polar surface area (TPSA) is 46.6 Å². The van der Waals surface area contributed by atoms with Gasteiger partial charge in [0, 0.05) is 51.7 Å². The third kappa shape index (κ3) is 5.31. The van der Waals surface area contributed by atoms with E-state index in [2.05, 4.69) is 52.0 Å². The largest absolute Gasteiger partial charge is 0.497 e. The molecule has 3 aromatic carbocycles. The van der Waals surface area contributed by atoms with Crippen molar-refractivity contribution < 1.29 is 14.3 Å². The Balaban J connectivity index is 1.73. The monoisotopic (exact) mass is 539 g/mol. The zero-order valence-electron chi connectivity index (χ0n) is 23.1. The summed E-state index contributed by atoms with van der Waals surface area (Å²) in [7, 11) is 1.64. The van der Waals surface area contributed by atoms with E-state index in [1.807, 2.05) is 35.4 Å². The fourth-order valence-corrected chi connectivity index (χ4v) is 5.77. The molecule has 4 nitrogen and oxygen atoms in total. The molecule has 0 fully saturated rings. The number of methoxy groups -OCH3 is 1. The summed E-state index contributed by atoms with van der Waals surface area (Å²) in [4.78, 5) is 30.2. The van der Waals surface area contributed by atoms with Crippen LogP contribution in [0.3, 0.4) is 0 Å². The minimum Gasteiger partial charge on any atom is -0.497 e. The number of hydrogen-bond donors (Lipinski definition) is 0. The summed E-state index contributed by atoms with van der Waals surface area (Å²) in [5.74, 6) is 0.644. The Bertz CT molecular complexity index is 1460. The number of anilines is 1. The first-order valence-electron chi connectivity index (χ1n) is 13.4. The molecular formula is C34H34ClNO3. The number of halogens is 1. The van der Waals surface area contributed by atoms with E-state index in [-0.39, 0.29) is 17.0 Å². The predicted octanol–water partition coefficient (Wildman–Crippen LogP) is 8.49. The lowest BCUT2D eigenvalue weighted by Crippen LogP contribution is -2.38. The highest BCUT2D eigenvalue weighted by Crippen LogP contribution is 2.50. The highest BCUT2D eigenvalue weighted by Gasteiger charge is 2.43. The molecule has 39 heavy (non-hydrogen) atoms. The first-order valence-corrected chi connectivity index (χ1v) is 13.8. The molecule has 0 spiro atoms. The number of rotatable bonds is 6. The van der Waals surface area contributed by atoms with E-state index in [0.29, 0.717) is 34.1 Å². The minimum absolute atomic E-state index is 0.0900. The SMILES string of the molecule is COc1ccc(N2C=C(C(=O)c3ccc(Cl)cc3)C(c3ccc(C(C)C)cc3)C3=C2CC(C)(C)CC3=O)cc1. The van der Waals surface area contributed by atoms with Crippen LogP contribution in [0, 0.1) is 5.41 Å². The van der Waals surface area contributed by atoms with Gasteiger partial charge in [0.2, 0.25) is 0 Å². The molecule has 1 atom stereocenters. The molecule has 1 heterocycles. The number of carbonyl (C=O) groups excluding carboxylic acids is 2. The molecule has 1 aliphatic heterocycles. The fourth-order valence-electron chi connectivity index (χ4n) is 5.64. The molecule has 0 N–H and O–H groups in total. The van der Waals surface area contributed by atoms with Crippen LogP contribution in [0.25, 0.3) is 0 Å². The molecule has 0 bridgehead atoms. The number of ether oxygens (including phenoxy) is 1. The van der Waals surface area contributed by atoms with Gasteiger partial charge in [0.1, 0.15) is 5.75 Å². The van der Waals surface area contributed by atoms with Crippen LogP contribution in [-0.4, -0.2) is 18.7 Å². The Hall–Kier alpha value is -3.63. The molecule has 0 radical (unpaired) electrons. The molecule has 5 heteroatoms. The Labute approximate surface area is 235 Å². The van der Waals surface area contributed by atoms with Gasteiger partial charge in [-0.15, -0.1) is 0 Å². The molecule has 0 saturated heterocycles. The maximum atomic E-state index is 14.2. The molecular weight excluding hydrogens is 506 g/mol. The van der Waals surface area contributed by atoms with E-state index < -0.39 is 5.92 Å². The second kappa shape index (κ2) is 10.5. The number of ketones is 2. The van der Waals surface area contributed by atoms with Crippen molar-refractivity contribution in [2.45, 2.75) is 52.4 Å². The fraction of sp³-hybridized carbons (Fsp3) is 0.294. The second-order valence-electron chi connectivity index (χ2n) is 11.5. The maximum absolute atomic E-state index is 14.2. The summed E-state index contributed by atoms with van der Waals surface area (Å²) in [6.07, 6.45) is 3.10. The van der Waals surface area contributed by atoms with Crippen molar-refractivity contribution in [1.82, 2.24) is 0 Å². The summed E-state index contributed by atoms with van der Waals surface area (Å²) in [6.45, 7) is 8.58. The van der Waals surface area contributed by atoms with Crippen molar-refractivity contribution in [2.75, 3.05) is 12.0 Å². The van der Waals surface area contributed by atoms with E-state index in [9.17, 15) is 9.59 Å². The van der Waals surface area contributed by atoms with Gasteiger partial charge in [-0.05, 0) is 77.4 Å². The third-order valence-corrected chi connectivity index (χ3v) is 7.96. The van der Waals surface area contributed by atoms with Crippen LogP contribution in [-0.2, 0) is 4.79 Å². The average Bonchev–Trinajstić information content (AvgIpc) is 2.92. The normalized spacial score (nSPS) is 18.6. The summed E-state index contributed by atoms with van der Waals surface area (Å²) in [6, 6.07) is 23.0. The van der Waals surface area contributed by atoms with Crippen LogP contribution < -0.4 is 9.64 Å². The first-order chi connectivity index (χ1) is 18.6. The molecule has 3 aromatic rings. The van der Waals surface area contributed by atoms with Crippen LogP contribution >= 0.6 is 11.6 Å². The standard InChI is InChI=1S/C34H34ClNO3/c1-21(2)22-6-8-23(9-7-22)31-28(33(38)24-10-12-25(35)13-11-24)20-36(26-14-16-27(39-5)17-15-26)29-18-34(3,4)19-30(37)32(29)31/h6-17,20-21,31H,18-19H2,1-5H3. The van der Waals surface area contributed by atoms with Crippen LogP contribution in [0.4, 0.5) is 5.69 Å². The second-order valence-corrected chi connectivity index (χ2v) is 12.0. The summed E-state index contributed by atoms with van der Waals surface area (Å²) in [5, 5.41) is 0.569. The van der Waals surface area contributed by atoms with Crippen molar-refractivity contribution in [2.24, 2.45) is 5.41 Å². The van der Waals surface area contributed by atoms with Crippen molar-refractivity contribution in [3.05, 3.63) is 118 Å². The van der Waals surface area contributed by atoms with Gasteiger partial charge in [0.15, 0.2) is 11.6 Å². The zero-order valence-corrected chi connectivity index (χ0v) is 23.9. The van der Waals surface area contributed by atoms with Gasteiger partial charge >= 0.3 is 0 Å². The highest BCUT2D eigenvalue weighted by molar-refractivity contribution is 6.30. The molecule has 0 amide bonds. The molecule has 1 aliphatic carbocycles. The van der Waals surface area contributed by atoms with Crippen LogP contribution in [0.1, 0.15) is 73.9 Å². The number of Topliss-reactive ketones (excluding diaryl/α,β-unsaturated/α-hetero) is 2. The van der Waals surface area contributed by atoms with E-state index >= 15 is 0 Å². The zero-order chi connectivity index (χ0) is 27.9. The third-order valence-electron chi connectivity index (χ3n) is 7.71. The molecule has 1 unspecified atom stereocenters. The first kappa shape index (κ1) is 27.0. The summed E-state index contributed by atoms with van der Waals surface area (Å²) >= 11 is 6.14. The minimum atomic E-state index is -0.456. The molecule has 0 saturated carbocycles. The number of nitrogens with zero attached hydrogens (tertiary/aromatic N) is 1. The van der Waals surface area contributed by atoms with Gasteiger partial charge in [-0.25, -0.2) is 0 Å². The Morgan fingerprint density at radius 1 is 0.949 bits per heavy atom. The van der Waals surface area contributed by atoms with Crippen LogP contribution in [0.5, 0.6) is 5.75 Å². The number of benzene rings is 3. The van der Waals surface area contributed by atoms with E-state index in [0.717, 1.165) is 29.1 Å². The highest BCUT2D eigenvalue weighted by atomic mass is 35.5. The van der Waals surface area contributed by atoms with E-state index in [1.54, 1.807) is 31.4 Å². The van der Waals surface area contributed by atoms with Crippen LogP contribution in [0.15, 0.2) is 95.8 Å². The van der Waals surface area contributed by atoms with Gasteiger partial charge in [0.05, 0.1) is 7.11 Å². The van der Waals surface area contributed by atoms with Gasteiger partial charge in [-0.2, -0.15) is 0 Å². The number of hydrogen-bond acceptors (Lipinski definition) is 4. The van der Waals surface area contributed by atoms with Gasteiger partial charge in [-0.3, -0.25) is 9.59 Å². The van der Waals surface area contributed by atoms with Crippen molar-refractivity contribution in [1.29, 1.82) is 0 Å². The Kier molecular flexibility index (Phi) is 7.26. The molecule has 0 aromatic heterocycles. The summed E-state index contributed by atoms with van der Waals surface area (Å²) < 4.78 is 5.38. The predicted molar refractivity (Wildman–Crippen MR) is 158 cm³/mol. The maximum Gasteiger partial charge on any atom is 0.191 e. The molecule has 2 aliphatic rings. The Morgan fingerprint density at radius 3 is 2.18 bits per heavy atom. The lowest BCUT2D eigenvalue weighted by molar-refractivity contribution is -0.118. The lowest BCUT2D eigenvalue weighted by Gasteiger charge is -2.43. The van der Waals surface area contributed by atoms with Gasteiger partial charge in [0.25, 0.3) is 0 Å². The van der Waals surface area contributed by atoms with E-state index in [1.165, 1.54) is 5.56 Å². The van der Waals surface area contributed by atoms with E-state index in [4.69, 9.17) is 16.3 Å². The Morgan fingerprint density at radius 2 is 1.59 bits per heavy atom.